The molecule has 0 aromatic heterocycles. The second kappa shape index (κ2) is 7.77. The average molecular weight is 355 g/mol. The lowest BCUT2D eigenvalue weighted by Gasteiger charge is -2.17. The number of carbonyl (C=O) groups excluding carboxylic acids is 2. The van der Waals surface area contributed by atoms with Crippen molar-refractivity contribution in [3.8, 4) is 11.5 Å². The fraction of sp³-hybridized carbons (Fsp3) is 0.263. The minimum Gasteiger partial charge on any atom is -0.497 e. The minimum atomic E-state index is -0.553. The Hall–Kier alpha value is -3.22. The molecule has 1 fully saturated rings. The Labute approximate surface area is 151 Å². The molecule has 1 atom stereocenters. The highest BCUT2D eigenvalue weighted by atomic mass is 16.5. The van der Waals surface area contributed by atoms with Crippen LogP contribution in [0.25, 0.3) is 0 Å². The molecule has 1 aliphatic rings. The lowest BCUT2D eigenvalue weighted by Crippen LogP contribution is -2.43. The Kier molecular flexibility index (Phi) is 5.26. The molecule has 0 aliphatic carbocycles. The maximum Gasteiger partial charge on any atom is 0.319 e. The van der Waals surface area contributed by atoms with E-state index in [4.69, 9.17) is 9.47 Å². The largest absolute Gasteiger partial charge is 0.497 e. The van der Waals surface area contributed by atoms with Gasteiger partial charge in [0.1, 0.15) is 17.5 Å². The molecular weight excluding hydrogens is 334 g/mol. The van der Waals surface area contributed by atoms with Crippen LogP contribution < -0.4 is 25.0 Å². The van der Waals surface area contributed by atoms with Crippen molar-refractivity contribution in [2.24, 2.45) is 0 Å². The van der Waals surface area contributed by atoms with Crippen molar-refractivity contribution in [3.63, 3.8) is 0 Å². The maximum atomic E-state index is 12.5. The highest BCUT2D eigenvalue weighted by Gasteiger charge is 2.33. The maximum absolute atomic E-state index is 12.5. The molecule has 3 amide bonds. The number of carbonyl (C=O) groups is 2. The van der Waals surface area contributed by atoms with Gasteiger partial charge in [-0.1, -0.05) is 18.2 Å². The summed E-state index contributed by atoms with van der Waals surface area (Å²) in [6.45, 7) is 0.570. The minimum absolute atomic E-state index is 0.116. The van der Waals surface area contributed by atoms with Gasteiger partial charge in [0.25, 0.3) is 0 Å². The molecule has 26 heavy (non-hydrogen) atoms. The number of methoxy groups -OCH3 is 2. The summed E-state index contributed by atoms with van der Waals surface area (Å²) in [5.41, 5.74) is 1.35. The van der Waals surface area contributed by atoms with E-state index in [1.807, 2.05) is 30.3 Å². The van der Waals surface area contributed by atoms with Crippen LogP contribution in [-0.2, 0) is 4.79 Å². The molecule has 1 saturated heterocycles. The number of ether oxygens (including phenoxy) is 2. The average Bonchev–Trinajstić information content (AvgIpc) is 3.02. The molecule has 2 aromatic rings. The van der Waals surface area contributed by atoms with Crippen LogP contribution in [0.5, 0.6) is 11.5 Å². The van der Waals surface area contributed by atoms with E-state index in [-0.39, 0.29) is 5.91 Å². The molecule has 0 radical (unpaired) electrons. The summed E-state index contributed by atoms with van der Waals surface area (Å²) in [5.74, 6) is 1.01. The Morgan fingerprint density at radius 2 is 1.73 bits per heavy atom. The summed E-state index contributed by atoms with van der Waals surface area (Å²) >= 11 is 0. The molecule has 0 saturated carbocycles. The molecule has 2 N–H and O–H groups in total. The van der Waals surface area contributed by atoms with Gasteiger partial charge in [-0.15, -0.1) is 0 Å². The zero-order chi connectivity index (χ0) is 18.5. The van der Waals surface area contributed by atoms with Crippen LogP contribution in [0.15, 0.2) is 48.5 Å². The fourth-order valence-corrected chi connectivity index (χ4v) is 2.88. The number of hydrogen-bond acceptors (Lipinski definition) is 4. The van der Waals surface area contributed by atoms with Crippen LogP contribution in [0.4, 0.5) is 16.2 Å². The summed E-state index contributed by atoms with van der Waals surface area (Å²) in [7, 11) is 3.07. The molecule has 0 bridgehead atoms. The number of hydrogen-bond donors (Lipinski definition) is 2. The predicted octanol–water partition coefficient (Wildman–Crippen LogP) is 2.63. The number of urea groups is 1. The first-order valence-corrected chi connectivity index (χ1v) is 8.27. The van der Waals surface area contributed by atoms with E-state index in [2.05, 4.69) is 10.6 Å². The number of rotatable bonds is 5. The first-order chi connectivity index (χ1) is 12.6. The van der Waals surface area contributed by atoms with Crippen LogP contribution in [-0.4, -0.2) is 38.7 Å². The summed E-state index contributed by atoms with van der Waals surface area (Å²) in [5, 5.41) is 5.44. The van der Waals surface area contributed by atoms with Crippen LogP contribution in [0.3, 0.4) is 0 Å². The van der Waals surface area contributed by atoms with E-state index in [0.29, 0.717) is 30.2 Å². The molecule has 7 heteroatoms. The first kappa shape index (κ1) is 17.6. The molecular formula is C19H21N3O4. The van der Waals surface area contributed by atoms with Crippen LogP contribution in [0.1, 0.15) is 6.42 Å². The van der Waals surface area contributed by atoms with E-state index < -0.39 is 12.1 Å². The Bertz CT molecular complexity index is 772. The van der Waals surface area contributed by atoms with Gasteiger partial charge in [-0.2, -0.15) is 0 Å². The number of amides is 3. The molecule has 0 spiro atoms. The molecule has 2 aromatic carbocycles. The van der Waals surface area contributed by atoms with Gasteiger partial charge in [0.2, 0.25) is 5.91 Å². The summed E-state index contributed by atoms with van der Waals surface area (Å²) in [4.78, 5) is 26.5. The standard InChI is InChI=1S/C19H21N3O4/c1-25-15-10-13(11-16(12-15)26-2)20-19(24)21-17-8-9-22(18(17)23)14-6-4-3-5-7-14/h3-7,10-12,17H,8-9H2,1-2H3,(H2,20,21,24)/t17-/m1/s1. The highest BCUT2D eigenvalue weighted by molar-refractivity contribution is 6.02. The van der Waals surface area contributed by atoms with Crippen molar-refractivity contribution >= 4 is 23.3 Å². The zero-order valence-corrected chi connectivity index (χ0v) is 14.7. The molecule has 1 heterocycles. The van der Waals surface area contributed by atoms with Gasteiger partial charge in [0.05, 0.1) is 14.2 Å². The van der Waals surface area contributed by atoms with Crippen molar-refractivity contribution in [1.82, 2.24) is 5.32 Å². The summed E-state index contributed by atoms with van der Waals surface area (Å²) in [6, 6.07) is 13.5. The number of benzene rings is 2. The van der Waals surface area contributed by atoms with Gasteiger partial charge in [0, 0.05) is 36.1 Å². The van der Waals surface area contributed by atoms with E-state index in [9.17, 15) is 9.59 Å². The topological polar surface area (TPSA) is 79.9 Å². The number of para-hydroxylation sites is 1. The fourth-order valence-electron chi connectivity index (χ4n) is 2.88. The third kappa shape index (κ3) is 3.88. The van der Waals surface area contributed by atoms with E-state index in [1.54, 1.807) is 23.1 Å². The Morgan fingerprint density at radius 1 is 1.08 bits per heavy atom. The first-order valence-electron chi connectivity index (χ1n) is 8.27. The summed E-state index contributed by atoms with van der Waals surface area (Å²) < 4.78 is 10.4. The second-order valence-corrected chi connectivity index (χ2v) is 5.87. The van der Waals surface area contributed by atoms with Crippen molar-refractivity contribution in [1.29, 1.82) is 0 Å². The highest BCUT2D eigenvalue weighted by Crippen LogP contribution is 2.26. The molecule has 1 aliphatic heterocycles. The van der Waals surface area contributed by atoms with Gasteiger partial charge in [0.15, 0.2) is 0 Å². The zero-order valence-electron chi connectivity index (χ0n) is 14.7. The molecule has 0 unspecified atom stereocenters. The van der Waals surface area contributed by atoms with E-state index in [0.717, 1.165) is 5.69 Å². The SMILES string of the molecule is COc1cc(NC(=O)N[C@@H]2CCN(c3ccccc3)C2=O)cc(OC)c1. The number of nitrogens with one attached hydrogen (secondary N) is 2. The third-order valence-electron chi connectivity index (χ3n) is 4.19. The van der Waals surface area contributed by atoms with Gasteiger partial charge in [-0.3, -0.25) is 4.79 Å². The quantitative estimate of drug-likeness (QED) is 0.864. The van der Waals surface area contributed by atoms with Crippen LogP contribution in [0, 0.1) is 0 Å². The van der Waals surface area contributed by atoms with Crippen molar-refractivity contribution < 1.29 is 19.1 Å². The molecule has 136 valence electrons. The summed E-state index contributed by atoms with van der Waals surface area (Å²) in [6.07, 6.45) is 0.558. The van der Waals surface area contributed by atoms with Crippen molar-refractivity contribution in [2.45, 2.75) is 12.5 Å². The van der Waals surface area contributed by atoms with E-state index in [1.165, 1.54) is 14.2 Å². The number of nitrogens with zero attached hydrogens (tertiary/aromatic N) is 1. The van der Waals surface area contributed by atoms with Gasteiger partial charge >= 0.3 is 6.03 Å². The van der Waals surface area contributed by atoms with Crippen molar-refractivity contribution in [3.05, 3.63) is 48.5 Å². The monoisotopic (exact) mass is 355 g/mol. The predicted molar refractivity (Wildman–Crippen MR) is 98.9 cm³/mol. The normalized spacial score (nSPS) is 16.3. The third-order valence-corrected chi connectivity index (χ3v) is 4.19. The Morgan fingerprint density at radius 3 is 2.35 bits per heavy atom. The van der Waals surface area contributed by atoms with Gasteiger partial charge in [-0.05, 0) is 18.6 Å². The lowest BCUT2D eigenvalue weighted by atomic mass is 10.2. The lowest BCUT2D eigenvalue weighted by molar-refractivity contribution is -0.118. The second-order valence-electron chi connectivity index (χ2n) is 5.87. The smallest absolute Gasteiger partial charge is 0.319 e. The van der Waals surface area contributed by atoms with Crippen molar-refractivity contribution in [2.75, 3.05) is 31.0 Å². The van der Waals surface area contributed by atoms with Crippen LogP contribution in [0.2, 0.25) is 0 Å². The number of anilines is 2. The molecule has 3 rings (SSSR count). The van der Waals surface area contributed by atoms with Gasteiger partial charge < -0.3 is 25.0 Å². The van der Waals surface area contributed by atoms with E-state index >= 15 is 0 Å². The Balaban J connectivity index is 1.63. The van der Waals surface area contributed by atoms with Gasteiger partial charge in [-0.25, -0.2) is 4.79 Å². The molecule has 7 nitrogen and oxygen atoms in total. The van der Waals surface area contributed by atoms with Crippen LogP contribution >= 0.6 is 0 Å².